The van der Waals surface area contributed by atoms with Gasteiger partial charge in [-0.15, -0.1) is 6.58 Å². The summed E-state index contributed by atoms with van der Waals surface area (Å²) in [5.74, 6) is -0.833. The van der Waals surface area contributed by atoms with Crippen LogP contribution in [-0.4, -0.2) is 37.0 Å². The molecule has 0 aromatic rings. The quantitative estimate of drug-likeness (QED) is 0.554. The molecule has 0 heterocycles. The first-order chi connectivity index (χ1) is 5.06. The molecule has 0 rings (SSSR count). The Balaban J connectivity index is -0.0000000886. The summed E-state index contributed by atoms with van der Waals surface area (Å²) in [5.41, 5.74) is 0. The highest BCUT2D eigenvalue weighted by Crippen LogP contribution is 1.46. The molecule has 0 bridgehead atoms. The highest BCUT2D eigenvalue weighted by atomic mass is 16.4. The number of methoxy groups -OCH3 is 1. The molecule has 0 aromatic carbocycles. The summed E-state index contributed by atoms with van der Waals surface area (Å²) < 4.78 is 4.25. The van der Waals surface area contributed by atoms with Crippen LogP contribution in [0.4, 0.5) is 0 Å². The molecule has 4 heteroatoms. The number of carboxylic acid groups (broad SMARTS) is 1. The van der Waals surface area contributed by atoms with Crippen LogP contribution in [0.25, 0.3) is 0 Å². The number of ether oxygens (including phenoxy) is 1. The summed E-state index contributed by atoms with van der Waals surface area (Å²) >= 11 is 0. The van der Waals surface area contributed by atoms with Gasteiger partial charge in [-0.25, -0.2) is 0 Å². The predicted octanol–water partition coefficient (Wildman–Crippen LogP) is 0.518. The maximum absolute atomic E-state index is 9.00. The molecule has 68 valence electrons. The second-order valence-electron chi connectivity index (χ2n) is 1.40. The number of aliphatic hydroxyl groups excluding tert-OH is 1. The zero-order chi connectivity index (χ0) is 9.70. The maximum Gasteiger partial charge on any atom is 0.300 e. The molecule has 0 aromatic heterocycles. The molecular weight excluding hydrogens is 148 g/mol. The molecule has 0 saturated heterocycles. The van der Waals surface area contributed by atoms with Crippen molar-refractivity contribution in [3.05, 3.63) is 12.7 Å². The van der Waals surface area contributed by atoms with Crippen LogP contribution in [0.3, 0.4) is 0 Å². The topological polar surface area (TPSA) is 66.8 Å². The van der Waals surface area contributed by atoms with Gasteiger partial charge in [0.2, 0.25) is 0 Å². The first-order valence-electron chi connectivity index (χ1n) is 2.88. The van der Waals surface area contributed by atoms with Gasteiger partial charge < -0.3 is 14.9 Å². The Morgan fingerprint density at radius 1 is 1.64 bits per heavy atom. The first kappa shape index (κ1) is 16.6. The normalized spacial score (nSPS) is 6.18. The van der Waals surface area contributed by atoms with E-state index < -0.39 is 5.97 Å². The van der Waals surface area contributed by atoms with Gasteiger partial charge in [-0.05, 0) is 0 Å². The van der Waals surface area contributed by atoms with E-state index in [1.54, 1.807) is 14.2 Å². The fourth-order valence-corrected chi connectivity index (χ4v) is 0. The van der Waals surface area contributed by atoms with Gasteiger partial charge in [-0.1, -0.05) is 6.08 Å². The maximum atomic E-state index is 9.00. The SMILES string of the molecule is C=CCO.CC(=O)O.COC. The molecule has 0 unspecified atom stereocenters. The van der Waals surface area contributed by atoms with Gasteiger partial charge in [0.05, 0.1) is 6.61 Å². The van der Waals surface area contributed by atoms with E-state index in [1.807, 2.05) is 0 Å². The highest BCUT2D eigenvalue weighted by molar-refractivity contribution is 5.62. The fraction of sp³-hybridized carbons (Fsp3) is 0.571. The standard InChI is InChI=1S/C3H6O.C2H4O2.C2H6O/c1-2-3-4;1-2(3)4;1-3-2/h2,4H,1,3H2;1H3,(H,3,4);1-2H3. The molecule has 0 spiro atoms. The minimum Gasteiger partial charge on any atom is -0.481 e. The van der Waals surface area contributed by atoms with Gasteiger partial charge in [0.1, 0.15) is 0 Å². The van der Waals surface area contributed by atoms with Gasteiger partial charge in [0, 0.05) is 21.1 Å². The summed E-state index contributed by atoms with van der Waals surface area (Å²) in [4.78, 5) is 9.00. The van der Waals surface area contributed by atoms with Crippen LogP contribution < -0.4 is 0 Å². The number of hydrogen-bond donors (Lipinski definition) is 2. The Hall–Kier alpha value is -0.870. The fourth-order valence-electron chi connectivity index (χ4n) is 0. The second-order valence-corrected chi connectivity index (χ2v) is 1.40. The van der Waals surface area contributed by atoms with Gasteiger partial charge >= 0.3 is 0 Å². The molecule has 2 N–H and O–H groups in total. The minimum atomic E-state index is -0.833. The van der Waals surface area contributed by atoms with Gasteiger partial charge in [-0.3, -0.25) is 4.79 Å². The van der Waals surface area contributed by atoms with Crippen LogP contribution >= 0.6 is 0 Å². The lowest BCUT2D eigenvalue weighted by Crippen LogP contribution is -1.78. The van der Waals surface area contributed by atoms with E-state index in [0.717, 1.165) is 6.92 Å². The number of aliphatic hydroxyl groups is 1. The molecule has 0 aliphatic rings. The lowest BCUT2D eigenvalue weighted by atomic mass is 10.7. The molecule has 0 saturated carbocycles. The number of carboxylic acids is 1. The van der Waals surface area contributed by atoms with Crippen molar-refractivity contribution in [2.45, 2.75) is 6.92 Å². The third kappa shape index (κ3) is 27500. The average Bonchev–Trinajstić information content (AvgIpc) is 1.88. The van der Waals surface area contributed by atoms with E-state index >= 15 is 0 Å². The molecule has 0 fully saturated rings. The van der Waals surface area contributed by atoms with E-state index in [1.165, 1.54) is 6.08 Å². The Labute approximate surface area is 67.1 Å². The summed E-state index contributed by atoms with van der Waals surface area (Å²) in [7, 11) is 3.25. The molecule has 0 atom stereocenters. The summed E-state index contributed by atoms with van der Waals surface area (Å²) in [5, 5.41) is 15.2. The van der Waals surface area contributed by atoms with Crippen LogP contribution in [-0.2, 0) is 9.53 Å². The van der Waals surface area contributed by atoms with Crippen LogP contribution in [0.15, 0.2) is 12.7 Å². The number of carbonyl (C=O) groups is 1. The van der Waals surface area contributed by atoms with Crippen LogP contribution in [0.5, 0.6) is 0 Å². The van der Waals surface area contributed by atoms with Crippen molar-refractivity contribution in [1.29, 1.82) is 0 Å². The monoisotopic (exact) mass is 164 g/mol. The summed E-state index contributed by atoms with van der Waals surface area (Å²) in [6.45, 7) is 4.40. The van der Waals surface area contributed by atoms with Gasteiger partial charge in [-0.2, -0.15) is 0 Å². The van der Waals surface area contributed by atoms with Crippen molar-refractivity contribution < 1.29 is 19.7 Å². The first-order valence-corrected chi connectivity index (χ1v) is 2.88. The molecule has 0 amide bonds. The molecule has 0 aliphatic heterocycles. The van der Waals surface area contributed by atoms with Crippen molar-refractivity contribution >= 4 is 5.97 Å². The van der Waals surface area contributed by atoms with Crippen LogP contribution in [0.1, 0.15) is 6.92 Å². The Bertz CT molecular complexity index is 76.5. The average molecular weight is 164 g/mol. The highest BCUT2D eigenvalue weighted by Gasteiger charge is 1.65. The van der Waals surface area contributed by atoms with Crippen molar-refractivity contribution in [1.82, 2.24) is 0 Å². The lowest BCUT2D eigenvalue weighted by molar-refractivity contribution is -0.134. The van der Waals surface area contributed by atoms with E-state index in [-0.39, 0.29) is 6.61 Å². The molecule has 11 heavy (non-hydrogen) atoms. The molecule has 0 radical (unpaired) electrons. The van der Waals surface area contributed by atoms with Crippen LogP contribution in [0, 0.1) is 0 Å². The van der Waals surface area contributed by atoms with Crippen molar-refractivity contribution in [3.8, 4) is 0 Å². The molecule has 0 aliphatic carbocycles. The Kier molecular flexibility index (Phi) is 34.6. The second kappa shape index (κ2) is 22.9. The zero-order valence-electron chi connectivity index (χ0n) is 7.20. The zero-order valence-corrected chi connectivity index (χ0v) is 7.20. The van der Waals surface area contributed by atoms with Gasteiger partial charge in [0.15, 0.2) is 0 Å². The van der Waals surface area contributed by atoms with Crippen molar-refractivity contribution in [2.75, 3.05) is 20.8 Å². The number of hydrogen-bond acceptors (Lipinski definition) is 3. The minimum absolute atomic E-state index is 0.0833. The summed E-state index contributed by atoms with van der Waals surface area (Å²) in [6.07, 6.45) is 1.43. The third-order valence-corrected chi connectivity index (χ3v) is 0.129. The van der Waals surface area contributed by atoms with E-state index in [4.69, 9.17) is 15.0 Å². The number of rotatable bonds is 1. The number of aliphatic carboxylic acids is 1. The predicted molar refractivity (Wildman–Crippen MR) is 43.5 cm³/mol. The smallest absolute Gasteiger partial charge is 0.300 e. The Morgan fingerprint density at radius 3 is 1.73 bits per heavy atom. The van der Waals surface area contributed by atoms with E-state index in [0.29, 0.717) is 0 Å². The molecule has 4 nitrogen and oxygen atoms in total. The van der Waals surface area contributed by atoms with E-state index in [2.05, 4.69) is 11.3 Å². The van der Waals surface area contributed by atoms with E-state index in [9.17, 15) is 0 Å². The largest absolute Gasteiger partial charge is 0.481 e. The Morgan fingerprint density at radius 2 is 1.73 bits per heavy atom. The van der Waals surface area contributed by atoms with Crippen molar-refractivity contribution in [2.24, 2.45) is 0 Å². The molecular formula is C7H16O4. The third-order valence-electron chi connectivity index (χ3n) is 0.129. The summed E-state index contributed by atoms with van der Waals surface area (Å²) in [6, 6.07) is 0. The lowest BCUT2D eigenvalue weighted by Gasteiger charge is -1.61. The van der Waals surface area contributed by atoms with Gasteiger partial charge in [0.25, 0.3) is 5.97 Å². The van der Waals surface area contributed by atoms with Crippen molar-refractivity contribution in [3.63, 3.8) is 0 Å². The van der Waals surface area contributed by atoms with Crippen LogP contribution in [0.2, 0.25) is 0 Å².